The maximum absolute atomic E-state index is 10.4. The van der Waals surface area contributed by atoms with Crippen LogP contribution in [0.3, 0.4) is 0 Å². The molecule has 0 aromatic heterocycles. The summed E-state index contributed by atoms with van der Waals surface area (Å²) in [5.41, 5.74) is 0. The van der Waals surface area contributed by atoms with E-state index in [1.54, 1.807) is 0 Å². The van der Waals surface area contributed by atoms with Crippen molar-refractivity contribution in [2.75, 3.05) is 18.6 Å². The predicted octanol–water partition coefficient (Wildman–Crippen LogP) is -0.535. The zero-order chi connectivity index (χ0) is 6.62. The molecular formula is C3H9NO2S2. The third kappa shape index (κ3) is 3.29. The Kier molecular flexibility index (Phi) is 3.43. The zero-order valence-corrected chi connectivity index (χ0v) is 6.30. The number of nitrogens with one attached hydrogen (secondary N) is 1. The van der Waals surface area contributed by atoms with Crippen LogP contribution in [-0.2, 0) is 10.0 Å². The van der Waals surface area contributed by atoms with Gasteiger partial charge in [0.25, 0.3) is 0 Å². The third-order valence-electron chi connectivity index (χ3n) is 0.671. The van der Waals surface area contributed by atoms with Crippen molar-refractivity contribution in [3.8, 4) is 0 Å². The molecule has 0 aromatic rings. The van der Waals surface area contributed by atoms with E-state index < -0.39 is 10.0 Å². The van der Waals surface area contributed by atoms with Crippen LogP contribution >= 0.6 is 12.6 Å². The van der Waals surface area contributed by atoms with Crippen LogP contribution in [0.2, 0.25) is 0 Å². The molecule has 0 rings (SSSR count). The number of hydrogen-bond acceptors (Lipinski definition) is 3. The van der Waals surface area contributed by atoms with Crippen LogP contribution in [0.4, 0.5) is 0 Å². The van der Waals surface area contributed by atoms with E-state index in [1.165, 1.54) is 7.05 Å². The maximum Gasteiger partial charge on any atom is 0.212 e. The molecule has 5 heteroatoms. The summed E-state index contributed by atoms with van der Waals surface area (Å²) in [6, 6.07) is 0. The second-order valence-corrected chi connectivity index (χ2v) is 3.74. The Morgan fingerprint density at radius 3 is 2.25 bits per heavy atom. The molecular weight excluding hydrogens is 146 g/mol. The van der Waals surface area contributed by atoms with E-state index in [1.807, 2.05) is 0 Å². The topological polar surface area (TPSA) is 46.2 Å². The molecule has 0 amide bonds. The molecule has 0 unspecified atom stereocenters. The van der Waals surface area contributed by atoms with Crippen molar-refractivity contribution in [3.05, 3.63) is 0 Å². The highest BCUT2D eigenvalue weighted by Gasteiger charge is 2.01. The second-order valence-electron chi connectivity index (χ2n) is 1.25. The Labute approximate surface area is 54.9 Å². The molecule has 0 aliphatic rings. The fraction of sp³-hybridized carbons (Fsp3) is 1.00. The average Bonchev–Trinajstić information content (AvgIpc) is 1.67. The van der Waals surface area contributed by atoms with Gasteiger partial charge in [0.15, 0.2) is 0 Å². The van der Waals surface area contributed by atoms with Crippen molar-refractivity contribution in [2.24, 2.45) is 0 Å². The molecule has 0 bridgehead atoms. The number of sulfonamides is 1. The van der Waals surface area contributed by atoms with Gasteiger partial charge in [-0.3, -0.25) is 0 Å². The van der Waals surface area contributed by atoms with Crippen molar-refractivity contribution in [1.82, 2.24) is 4.72 Å². The molecule has 1 N–H and O–H groups in total. The van der Waals surface area contributed by atoms with Crippen LogP contribution in [-0.4, -0.2) is 27.0 Å². The molecule has 3 nitrogen and oxygen atoms in total. The predicted molar refractivity (Wildman–Crippen MR) is 36.7 cm³/mol. The minimum atomic E-state index is -3.00. The summed E-state index contributed by atoms with van der Waals surface area (Å²) >= 11 is 3.75. The van der Waals surface area contributed by atoms with Gasteiger partial charge in [0, 0.05) is 5.75 Å². The van der Waals surface area contributed by atoms with Gasteiger partial charge in [0.05, 0.1) is 5.75 Å². The van der Waals surface area contributed by atoms with E-state index in [9.17, 15) is 8.42 Å². The van der Waals surface area contributed by atoms with E-state index in [4.69, 9.17) is 0 Å². The summed E-state index contributed by atoms with van der Waals surface area (Å²) in [5.74, 6) is 0.454. The van der Waals surface area contributed by atoms with Crippen LogP contribution in [0.25, 0.3) is 0 Å². The fourth-order valence-electron chi connectivity index (χ4n) is 0.222. The van der Waals surface area contributed by atoms with Crippen molar-refractivity contribution in [2.45, 2.75) is 0 Å². The first-order valence-electron chi connectivity index (χ1n) is 2.14. The van der Waals surface area contributed by atoms with Crippen molar-refractivity contribution in [3.63, 3.8) is 0 Å². The van der Waals surface area contributed by atoms with Crippen LogP contribution in [0.15, 0.2) is 0 Å². The molecule has 0 heterocycles. The third-order valence-corrected chi connectivity index (χ3v) is 2.56. The maximum atomic E-state index is 10.4. The minimum Gasteiger partial charge on any atom is -0.218 e. The summed E-state index contributed by atoms with van der Waals surface area (Å²) in [5, 5.41) is 0. The summed E-state index contributed by atoms with van der Waals surface area (Å²) in [4.78, 5) is 0. The number of rotatable bonds is 3. The van der Waals surface area contributed by atoms with Crippen LogP contribution in [0.5, 0.6) is 0 Å². The van der Waals surface area contributed by atoms with Crippen molar-refractivity contribution in [1.29, 1.82) is 0 Å². The van der Waals surface area contributed by atoms with Gasteiger partial charge in [-0.25, -0.2) is 13.1 Å². The van der Waals surface area contributed by atoms with Gasteiger partial charge in [-0.05, 0) is 7.05 Å². The Morgan fingerprint density at radius 1 is 1.62 bits per heavy atom. The normalized spacial score (nSPS) is 11.8. The molecule has 0 fully saturated rings. The highest BCUT2D eigenvalue weighted by atomic mass is 32.2. The van der Waals surface area contributed by atoms with E-state index in [0.717, 1.165) is 0 Å². The molecule has 0 aromatic carbocycles. The van der Waals surface area contributed by atoms with Gasteiger partial charge in [0.1, 0.15) is 0 Å². The monoisotopic (exact) mass is 155 g/mol. The Bertz CT molecular complexity index is 139. The van der Waals surface area contributed by atoms with E-state index in [0.29, 0.717) is 5.75 Å². The quantitative estimate of drug-likeness (QED) is 0.538. The molecule has 0 aliphatic carbocycles. The lowest BCUT2D eigenvalue weighted by Gasteiger charge is -1.95. The fourth-order valence-corrected chi connectivity index (χ4v) is 1.39. The Balaban J connectivity index is 3.76. The zero-order valence-electron chi connectivity index (χ0n) is 4.59. The van der Waals surface area contributed by atoms with Gasteiger partial charge in [-0.15, -0.1) is 0 Å². The van der Waals surface area contributed by atoms with Gasteiger partial charge in [-0.2, -0.15) is 12.6 Å². The summed E-state index contributed by atoms with van der Waals surface area (Å²) in [7, 11) is -1.61. The van der Waals surface area contributed by atoms with Crippen molar-refractivity contribution < 1.29 is 8.42 Å². The van der Waals surface area contributed by atoms with Crippen molar-refractivity contribution >= 4 is 22.7 Å². The smallest absolute Gasteiger partial charge is 0.212 e. The first-order chi connectivity index (χ1) is 3.62. The van der Waals surface area contributed by atoms with Gasteiger partial charge >= 0.3 is 0 Å². The van der Waals surface area contributed by atoms with E-state index in [2.05, 4.69) is 17.4 Å². The molecule has 0 spiro atoms. The standard InChI is InChI=1S/C3H9NO2S2/c1-4-8(5,6)3-2-7/h4,7H,2-3H2,1H3. The summed E-state index contributed by atoms with van der Waals surface area (Å²) in [6.45, 7) is 0. The minimum absolute atomic E-state index is 0.0899. The van der Waals surface area contributed by atoms with Crippen LogP contribution in [0.1, 0.15) is 0 Å². The highest BCUT2D eigenvalue weighted by molar-refractivity contribution is 7.90. The molecule has 0 saturated carbocycles. The van der Waals surface area contributed by atoms with E-state index in [-0.39, 0.29) is 5.75 Å². The summed E-state index contributed by atoms with van der Waals surface area (Å²) < 4.78 is 23.0. The molecule has 0 radical (unpaired) electrons. The molecule has 0 aliphatic heterocycles. The summed E-state index contributed by atoms with van der Waals surface area (Å²) in [6.07, 6.45) is 0. The SMILES string of the molecule is CNS(=O)(=O)CCS. The first kappa shape index (κ1) is 8.26. The van der Waals surface area contributed by atoms with Crippen LogP contribution in [0, 0.1) is 0 Å². The lowest BCUT2D eigenvalue weighted by Crippen LogP contribution is -2.22. The molecule has 0 atom stereocenters. The lowest BCUT2D eigenvalue weighted by molar-refractivity contribution is 0.590. The average molecular weight is 155 g/mol. The number of thiol groups is 1. The highest BCUT2D eigenvalue weighted by Crippen LogP contribution is 1.82. The second kappa shape index (κ2) is 3.32. The number of hydrogen-bond donors (Lipinski definition) is 2. The Morgan fingerprint density at radius 2 is 2.12 bits per heavy atom. The molecule has 50 valence electrons. The van der Waals surface area contributed by atoms with Gasteiger partial charge in [0.2, 0.25) is 10.0 Å². The van der Waals surface area contributed by atoms with Crippen LogP contribution < -0.4 is 4.72 Å². The first-order valence-corrected chi connectivity index (χ1v) is 4.43. The lowest BCUT2D eigenvalue weighted by atomic mass is 11.0. The van der Waals surface area contributed by atoms with E-state index >= 15 is 0 Å². The van der Waals surface area contributed by atoms with Gasteiger partial charge in [-0.1, -0.05) is 0 Å². The van der Waals surface area contributed by atoms with Gasteiger partial charge < -0.3 is 0 Å². The Hall–Kier alpha value is 0.260. The molecule has 8 heavy (non-hydrogen) atoms. The molecule has 0 saturated heterocycles. The largest absolute Gasteiger partial charge is 0.218 e.